The van der Waals surface area contributed by atoms with Crippen molar-refractivity contribution in [3.05, 3.63) is 11.6 Å². The maximum atomic E-state index is 10.9. The first-order valence-corrected chi connectivity index (χ1v) is 4.85. The molecule has 0 aromatic carbocycles. The zero-order valence-electron chi connectivity index (χ0n) is 8.18. The van der Waals surface area contributed by atoms with E-state index in [1.807, 2.05) is 0 Å². The van der Waals surface area contributed by atoms with Crippen molar-refractivity contribution in [2.24, 2.45) is 0 Å². The Morgan fingerprint density at radius 3 is 2.60 bits per heavy atom. The lowest BCUT2D eigenvalue weighted by Gasteiger charge is -2.10. The summed E-state index contributed by atoms with van der Waals surface area (Å²) in [6.07, 6.45) is 1.79. The van der Waals surface area contributed by atoms with Gasteiger partial charge in [0, 0.05) is 0 Å². The van der Waals surface area contributed by atoms with E-state index in [1.165, 1.54) is 4.90 Å². The van der Waals surface area contributed by atoms with Crippen LogP contribution in [0.25, 0.3) is 0 Å². The Bertz CT molecular complexity index is 368. The second-order valence-electron chi connectivity index (χ2n) is 3.64. The Morgan fingerprint density at radius 1 is 1.27 bits per heavy atom. The maximum absolute atomic E-state index is 10.9. The Kier molecular flexibility index (Phi) is 2.26. The molecular formula is C9H13N2O4+. The van der Waals surface area contributed by atoms with Gasteiger partial charge in [-0.2, -0.15) is 0 Å². The number of carboxylic acid groups (broad SMARTS) is 1. The third-order valence-electron chi connectivity index (χ3n) is 2.78. The summed E-state index contributed by atoms with van der Waals surface area (Å²) < 4.78 is 2.08. The van der Waals surface area contributed by atoms with Crippen LogP contribution in [0.3, 0.4) is 0 Å². The molecule has 0 bridgehead atoms. The Labute approximate surface area is 86.4 Å². The second-order valence-corrected chi connectivity index (χ2v) is 3.64. The van der Waals surface area contributed by atoms with Crippen LogP contribution in [0.5, 0.6) is 0 Å². The van der Waals surface area contributed by atoms with Crippen molar-refractivity contribution >= 4 is 11.8 Å². The highest BCUT2D eigenvalue weighted by Gasteiger charge is 2.41. The Balaban J connectivity index is 2.32. The van der Waals surface area contributed by atoms with Gasteiger partial charge in [-0.15, -0.1) is 0 Å². The predicted molar refractivity (Wildman–Crippen MR) is 50.9 cm³/mol. The fourth-order valence-electron chi connectivity index (χ4n) is 2.18. The molecule has 0 saturated heterocycles. The average molecular weight is 213 g/mol. The lowest BCUT2D eigenvalue weighted by atomic mass is 10.3. The van der Waals surface area contributed by atoms with E-state index in [0.717, 1.165) is 31.8 Å². The standard InChI is InChI=1S/C9H12N2O4/c12-8(13)7(9(14)15)11-5-4-10-3-1-2-6(10)11/h1-5H2,(H2-,12,13,14,15)/p+1. The Morgan fingerprint density at radius 2 is 2.00 bits per heavy atom. The SMILES string of the molecule is O=C(O)C(=C(O)O)N1CC[N+]2=C1CCC2. The Hall–Kier alpha value is -1.72. The summed E-state index contributed by atoms with van der Waals surface area (Å²) in [5.74, 6) is -1.55. The van der Waals surface area contributed by atoms with Crippen LogP contribution in [0.15, 0.2) is 11.6 Å². The molecule has 82 valence electrons. The minimum absolute atomic E-state index is 0.422. The molecule has 0 spiro atoms. The van der Waals surface area contributed by atoms with Crippen LogP contribution in [0.1, 0.15) is 12.8 Å². The molecule has 2 rings (SSSR count). The third-order valence-corrected chi connectivity index (χ3v) is 2.78. The van der Waals surface area contributed by atoms with Gasteiger partial charge in [0.2, 0.25) is 0 Å². The molecule has 0 aromatic heterocycles. The van der Waals surface area contributed by atoms with Gasteiger partial charge in [-0.1, -0.05) is 0 Å². The molecule has 2 aliphatic heterocycles. The lowest BCUT2D eigenvalue weighted by Crippen LogP contribution is -2.32. The first-order chi connectivity index (χ1) is 7.11. The van der Waals surface area contributed by atoms with Gasteiger partial charge in [-0.3, -0.25) is 4.58 Å². The molecule has 0 saturated carbocycles. The van der Waals surface area contributed by atoms with Crippen molar-refractivity contribution in [1.29, 1.82) is 0 Å². The monoisotopic (exact) mass is 213 g/mol. The van der Waals surface area contributed by atoms with Crippen molar-refractivity contribution in [3.8, 4) is 0 Å². The van der Waals surface area contributed by atoms with Crippen molar-refractivity contribution < 1.29 is 24.7 Å². The second kappa shape index (κ2) is 3.45. The quantitative estimate of drug-likeness (QED) is 0.338. The van der Waals surface area contributed by atoms with Crippen LogP contribution in [-0.4, -0.2) is 56.2 Å². The maximum Gasteiger partial charge on any atom is 0.383 e. The van der Waals surface area contributed by atoms with Gasteiger partial charge in [0.05, 0.1) is 13.0 Å². The van der Waals surface area contributed by atoms with E-state index in [2.05, 4.69) is 4.58 Å². The van der Waals surface area contributed by atoms with Crippen molar-refractivity contribution in [2.75, 3.05) is 19.6 Å². The van der Waals surface area contributed by atoms with Gasteiger partial charge in [0.1, 0.15) is 13.1 Å². The van der Waals surface area contributed by atoms with E-state index in [-0.39, 0.29) is 0 Å². The van der Waals surface area contributed by atoms with Gasteiger partial charge in [0.25, 0.3) is 11.5 Å². The first-order valence-electron chi connectivity index (χ1n) is 4.85. The highest BCUT2D eigenvalue weighted by atomic mass is 16.5. The molecule has 6 nitrogen and oxygen atoms in total. The smallest absolute Gasteiger partial charge is 0.383 e. The number of aliphatic hydroxyl groups excluding tert-OH is 1. The number of hydrogen-bond donors (Lipinski definition) is 3. The summed E-state index contributed by atoms with van der Waals surface area (Å²) in [7, 11) is 0. The van der Waals surface area contributed by atoms with Gasteiger partial charge < -0.3 is 15.3 Å². The minimum atomic E-state index is -1.31. The zero-order valence-corrected chi connectivity index (χ0v) is 8.18. The van der Waals surface area contributed by atoms with Crippen LogP contribution in [-0.2, 0) is 4.79 Å². The lowest BCUT2D eigenvalue weighted by molar-refractivity contribution is -0.510. The molecule has 0 unspecified atom stereocenters. The van der Waals surface area contributed by atoms with E-state index in [1.54, 1.807) is 0 Å². The molecule has 0 aliphatic carbocycles. The predicted octanol–water partition coefficient (Wildman–Crippen LogP) is -0.124. The summed E-state index contributed by atoms with van der Waals surface area (Å²) >= 11 is 0. The molecular weight excluding hydrogens is 200 g/mol. The molecule has 2 aliphatic rings. The van der Waals surface area contributed by atoms with E-state index >= 15 is 0 Å². The third kappa shape index (κ3) is 1.51. The number of carboxylic acids is 1. The molecule has 0 atom stereocenters. The molecule has 0 radical (unpaired) electrons. The minimum Gasteiger partial charge on any atom is -0.478 e. The molecule has 3 N–H and O–H groups in total. The zero-order chi connectivity index (χ0) is 11.0. The van der Waals surface area contributed by atoms with Gasteiger partial charge in [-0.05, 0) is 6.42 Å². The molecule has 0 aromatic rings. The van der Waals surface area contributed by atoms with E-state index in [4.69, 9.17) is 15.3 Å². The molecule has 6 heteroatoms. The number of nitrogens with zero attached hydrogens (tertiary/aromatic N) is 2. The van der Waals surface area contributed by atoms with Crippen molar-refractivity contribution in [3.63, 3.8) is 0 Å². The normalized spacial score (nSPS) is 19.3. The topological polar surface area (TPSA) is 84.0 Å². The number of aliphatic carboxylic acids is 1. The highest BCUT2D eigenvalue weighted by molar-refractivity contribution is 5.93. The van der Waals surface area contributed by atoms with Crippen LogP contribution < -0.4 is 0 Å². The summed E-state index contributed by atoms with van der Waals surface area (Å²) in [5, 5.41) is 26.8. The largest absolute Gasteiger partial charge is 0.478 e. The van der Waals surface area contributed by atoms with Crippen molar-refractivity contribution in [1.82, 2.24) is 4.90 Å². The van der Waals surface area contributed by atoms with Crippen molar-refractivity contribution in [2.45, 2.75) is 12.8 Å². The highest BCUT2D eigenvalue weighted by Crippen LogP contribution is 2.20. The summed E-state index contributed by atoms with van der Waals surface area (Å²) in [6.45, 7) is 2.17. The summed E-state index contributed by atoms with van der Waals surface area (Å²) in [4.78, 5) is 12.3. The van der Waals surface area contributed by atoms with E-state index in [9.17, 15) is 4.79 Å². The van der Waals surface area contributed by atoms with E-state index < -0.39 is 17.6 Å². The first kappa shape index (κ1) is 9.82. The number of carbonyl (C=O) groups is 1. The summed E-state index contributed by atoms with van der Waals surface area (Å²) in [5.41, 5.74) is -0.422. The molecule has 15 heavy (non-hydrogen) atoms. The van der Waals surface area contributed by atoms with Crippen LogP contribution >= 0.6 is 0 Å². The molecule has 2 heterocycles. The van der Waals surface area contributed by atoms with Crippen LogP contribution in [0.4, 0.5) is 0 Å². The van der Waals surface area contributed by atoms with Gasteiger partial charge in [-0.25, -0.2) is 9.69 Å². The fourth-order valence-corrected chi connectivity index (χ4v) is 2.18. The number of rotatable bonds is 2. The molecule has 0 fully saturated rings. The summed E-state index contributed by atoms with van der Waals surface area (Å²) in [6, 6.07) is 0. The average Bonchev–Trinajstić information content (AvgIpc) is 2.67. The van der Waals surface area contributed by atoms with Crippen LogP contribution in [0, 0.1) is 0 Å². The van der Waals surface area contributed by atoms with Gasteiger partial charge in [0.15, 0.2) is 0 Å². The fraction of sp³-hybridized carbons (Fsp3) is 0.556. The number of amidine groups is 1. The molecule has 0 amide bonds. The van der Waals surface area contributed by atoms with Crippen LogP contribution in [0.2, 0.25) is 0 Å². The van der Waals surface area contributed by atoms with E-state index in [0.29, 0.717) is 6.54 Å². The van der Waals surface area contributed by atoms with Gasteiger partial charge >= 0.3 is 11.9 Å². The number of aliphatic hydroxyl groups is 2. The number of hydrogen-bond acceptors (Lipinski definition) is 4.